The van der Waals surface area contributed by atoms with Gasteiger partial charge in [0.15, 0.2) is 23.3 Å². The van der Waals surface area contributed by atoms with Gasteiger partial charge in [-0.1, -0.05) is 0 Å². The summed E-state index contributed by atoms with van der Waals surface area (Å²) in [5.74, 6) is -6.41. The van der Waals surface area contributed by atoms with Crippen molar-refractivity contribution >= 4 is 5.69 Å². The van der Waals surface area contributed by atoms with Crippen molar-refractivity contribution in [2.45, 2.75) is 19.9 Å². The van der Waals surface area contributed by atoms with Crippen molar-refractivity contribution in [1.82, 2.24) is 0 Å². The van der Waals surface area contributed by atoms with Crippen LogP contribution in [0, 0.1) is 23.3 Å². The van der Waals surface area contributed by atoms with Crippen molar-refractivity contribution in [3.63, 3.8) is 0 Å². The highest BCUT2D eigenvalue weighted by atomic mass is 19.2. The Morgan fingerprint density at radius 3 is 2.07 bits per heavy atom. The minimum Gasteiger partial charge on any atom is -0.380 e. The average molecular weight is 207 g/mol. The third kappa shape index (κ3) is 1.97. The predicted molar refractivity (Wildman–Crippen MR) is 45.0 cm³/mol. The van der Waals surface area contributed by atoms with Crippen LogP contribution in [0.15, 0.2) is 6.07 Å². The van der Waals surface area contributed by atoms with Gasteiger partial charge in [0.2, 0.25) is 0 Å². The van der Waals surface area contributed by atoms with Crippen LogP contribution in [0.5, 0.6) is 0 Å². The monoisotopic (exact) mass is 207 g/mol. The third-order valence-corrected chi connectivity index (χ3v) is 1.55. The van der Waals surface area contributed by atoms with E-state index in [1.54, 1.807) is 13.8 Å². The predicted octanol–water partition coefficient (Wildman–Crippen LogP) is 3.06. The van der Waals surface area contributed by atoms with Gasteiger partial charge in [0, 0.05) is 12.1 Å². The molecule has 0 aromatic heterocycles. The van der Waals surface area contributed by atoms with E-state index in [0.717, 1.165) is 0 Å². The maximum atomic E-state index is 13.0. The molecule has 0 spiro atoms. The second-order valence-electron chi connectivity index (χ2n) is 3.15. The molecule has 0 radical (unpaired) electrons. The summed E-state index contributed by atoms with van der Waals surface area (Å²) < 4.78 is 50.8. The largest absolute Gasteiger partial charge is 0.380 e. The summed E-state index contributed by atoms with van der Waals surface area (Å²) >= 11 is 0. The molecule has 0 saturated heterocycles. The minimum absolute atomic E-state index is 0.200. The average Bonchev–Trinajstić information content (AvgIpc) is 2.10. The highest BCUT2D eigenvalue weighted by Crippen LogP contribution is 2.22. The number of rotatable bonds is 2. The molecule has 0 bridgehead atoms. The molecule has 1 rings (SSSR count). The lowest BCUT2D eigenvalue weighted by Crippen LogP contribution is -2.13. The maximum Gasteiger partial charge on any atom is 0.199 e. The molecule has 1 aromatic rings. The lowest BCUT2D eigenvalue weighted by atomic mass is 10.2. The molecule has 0 aliphatic rings. The molecule has 1 aromatic carbocycles. The Morgan fingerprint density at radius 2 is 1.57 bits per heavy atom. The van der Waals surface area contributed by atoms with Crippen molar-refractivity contribution in [2.75, 3.05) is 5.32 Å². The first-order chi connectivity index (χ1) is 6.43. The molecule has 0 saturated carbocycles. The lowest BCUT2D eigenvalue weighted by Gasteiger charge is -2.11. The van der Waals surface area contributed by atoms with Crippen LogP contribution in [-0.2, 0) is 0 Å². The van der Waals surface area contributed by atoms with Crippen LogP contribution in [0.25, 0.3) is 0 Å². The zero-order valence-electron chi connectivity index (χ0n) is 7.67. The van der Waals surface area contributed by atoms with Crippen LogP contribution in [0.2, 0.25) is 0 Å². The number of nitrogens with one attached hydrogen (secondary N) is 1. The van der Waals surface area contributed by atoms with Crippen LogP contribution in [0.1, 0.15) is 13.8 Å². The van der Waals surface area contributed by atoms with Gasteiger partial charge in [-0.15, -0.1) is 0 Å². The Balaban J connectivity index is 3.19. The fourth-order valence-corrected chi connectivity index (χ4v) is 0.989. The Bertz CT molecular complexity index is 349. The van der Waals surface area contributed by atoms with Gasteiger partial charge in [-0.05, 0) is 13.8 Å². The topological polar surface area (TPSA) is 12.0 Å². The first-order valence-corrected chi connectivity index (χ1v) is 4.03. The summed E-state index contributed by atoms with van der Waals surface area (Å²) in [5.41, 5.74) is -0.378. The van der Waals surface area contributed by atoms with Gasteiger partial charge in [0.1, 0.15) is 0 Å². The fraction of sp³-hybridized carbons (Fsp3) is 0.333. The van der Waals surface area contributed by atoms with Crippen LogP contribution in [0.4, 0.5) is 23.2 Å². The summed E-state index contributed by atoms with van der Waals surface area (Å²) in [7, 11) is 0. The standard InChI is InChI=1S/C9H9F4N/c1-4(2)14-6-3-5(10)7(11)9(13)8(6)12/h3-4,14H,1-2H3. The van der Waals surface area contributed by atoms with Crippen LogP contribution >= 0.6 is 0 Å². The van der Waals surface area contributed by atoms with E-state index < -0.39 is 23.3 Å². The second kappa shape index (κ2) is 3.86. The van der Waals surface area contributed by atoms with Crippen molar-refractivity contribution in [3.8, 4) is 0 Å². The smallest absolute Gasteiger partial charge is 0.199 e. The number of hydrogen-bond acceptors (Lipinski definition) is 1. The normalized spacial score (nSPS) is 10.8. The van der Waals surface area contributed by atoms with E-state index in [0.29, 0.717) is 6.07 Å². The van der Waals surface area contributed by atoms with E-state index in [-0.39, 0.29) is 11.7 Å². The maximum absolute atomic E-state index is 13.0. The quantitative estimate of drug-likeness (QED) is 0.446. The number of hydrogen-bond donors (Lipinski definition) is 1. The van der Waals surface area contributed by atoms with E-state index >= 15 is 0 Å². The molecule has 0 unspecified atom stereocenters. The Morgan fingerprint density at radius 1 is 1.00 bits per heavy atom. The molecule has 0 heterocycles. The molecule has 0 fully saturated rings. The number of halogens is 4. The van der Waals surface area contributed by atoms with E-state index in [4.69, 9.17) is 0 Å². The van der Waals surface area contributed by atoms with Gasteiger partial charge in [0.05, 0.1) is 5.69 Å². The molecule has 0 amide bonds. The van der Waals surface area contributed by atoms with E-state index in [9.17, 15) is 17.6 Å². The summed E-state index contributed by atoms with van der Waals surface area (Å²) in [6, 6.07) is 0.391. The molecular formula is C9H9F4N. The van der Waals surface area contributed by atoms with Crippen molar-refractivity contribution in [3.05, 3.63) is 29.3 Å². The van der Waals surface area contributed by atoms with Crippen LogP contribution < -0.4 is 5.32 Å². The highest BCUT2D eigenvalue weighted by Gasteiger charge is 2.18. The van der Waals surface area contributed by atoms with Crippen molar-refractivity contribution < 1.29 is 17.6 Å². The molecule has 78 valence electrons. The van der Waals surface area contributed by atoms with E-state index in [1.807, 2.05) is 0 Å². The molecule has 0 atom stereocenters. The van der Waals surface area contributed by atoms with Gasteiger partial charge in [-0.2, -0.15) is 0 Å². The van der Waals surface area contributed by atoms with Gasteiger partial charge in [-0.25, -0.2) is 17.6 Å². The van der Waals surface area contributed by atoms with Crippen molar-refractivity contribution in [1.29, 1.82) is 0 Å². The van der Waals surface area contributed by atoms with Crippen LogP contribution in [0.3, 0.4) is 0 Å². The first kappa shape index (κ1) is 10.8. The Labute approximate surface area is 78.7 Å². The van der Waals surface area contributed by atoms with Crippen LogP contribution in [-0.4, -0.2) is 6.04 Å². The molecule has 0 aliphatic heterocycles. The van der Waals surface area contributed by atoms with Gasteiger partial charge in [0.25, 0.3) is 0 Å². The SMILES string of the molecule is CC(C)Nc1cc(F)c(F)c(F)c1F. The van der Waals surface area contributed by atoms with Crippen molar-refractivity contribution in [2.24, 2.45) is 0 Å². The summed E-state index contributed by atoms with van der Waals surface area (Å²) in [4.78, 5) is 0. The highest BCUT2D eigenvalue weighted by molar-refractivity contribution is 5.46. The molecule has 5 heteroatoms. The molecule has 14 heavy (non-hydrogen) atoms. The van der Waals surface area contributed by atoms with Gasteiger partial charge in [-0.3, -0.25) is 0 Å². The lowest BCUT2D eigenvalue weighted by molar-refractivity contribution is 0.410. The van der Waals surface area contributed by atoms with E-state index in [2.05, 4.69) is 5.32 Å². The zero-order chi connectivity index (χ0) is 10.9. The second-order valence-corrected chi connectivity index (χ2v) is 3.15. The number of anilines is 1. The summed E-state index contributed by atoms with van der Waals surface area (Å²) in [5, 5.41) is 2.46. The first-order valence-electron chi connectivity index (χ1n) is 4.03. The molecule has 1 N–H and O–H groups in total. The van der Waals surface area contributed by atoms with Gasteiger partial charge < -0.3 is 5.32 Å². The molecule has 1 nitrogen and oxygen atoms in total. The summed E-state index contributed by atoms with van der Waals surface area (Å²) in [6.45, 7) is 3.33. The zero-order valence-corrected chi connectivity index (χ0v) is 7.67. The fourth-order valence-electron chi connectivity index (χ4n) is 0.989. The molecule has 0 aliphatic carbocycles. The summed E-state index contributed by atoms with van der Waals surface area (Å²) in [6.07, 6.45) is 0. The van der Waals surface area contributed by atoms with Gasteiger partial charge >= 0.3 is 0 Å². The minimum atomic E-state index is -1.80. The van der Waals surface area contributed by atoms with E-state index in [1.165, 1.54) is 0 Å². The number of benzene rings is 1. The third-order valence-electron chi connectivity index (χ3n) is 1.55. The molecular weight excluding hydrogens is 198 g/mol. The Kier molecular flexibility index (Phi) is 2.98. The Hall–Kier alpha value is -1.26.